The molecule has 0 N–H and O–H groups in total. The van der Waals surface area contributed by atoms with Crippen LogP contribution in [0, 0.1) is 0 Å². The summed E-state index contributed by atoms with van der Waals surface area (Å²) in [7, 11) is 0. The van der Waals surface area contributed by atoms with E-state index < -0.39 is 0 Å². The molecule has 0 aliphatic carbocycles. The normalized spacial score (nSPS) is 10.5. The molecule has 0 fully saturated rings. The molecular weight excluding hydrogens is 276 g/mol. The lowest BCUT2D eigenvalue weighted by atomic mass is 10.1. The summed E-state index contributed by atoms with van der Waals surface area (Å²) >= 11 is 1.35. The minimum Gasteiger partial charge on any atom is -0.466 e. The maximum Gasteiger partial charge on any atom is 0.348 e. The Hall–Kier alpha value is -1.88. The quantitative estimate of drug-likeness (QED) is 0.794. The van der Waals surface area contributed by atoms with Crippen molar-refractivity contribution in [1.82, 2.24) is 0 Å². The van der Waals surface area contributed by atoms with Crippen molar-refractivity contribution in [1.29, 1.82) is 0 Å². The van der Waals surface area contributed by atoms with Crippen molar-refractivity contribution < 1.29 is 19.1 Å². The van der Waals surface area contributed by atoms with Crippen LogP contribution >= 0.6 is 11.3 Å². The van der Waals surface area contributed by atoms with Crippen LogP contribution in [0.4, 0.5) is 0 Å². The second-order valence-electron chi connectivity index (χ2n) is 4.11. The number of fused-ring (bicyclic) bond motifs is 1. The van der Waals surface area contributed by atoms with E-state index in [1.54, 1.807) is 13.8 Å². The highest BCUT2D eigenvalue weighted by molar-refractivity contribution is 7.21. The number of ether oxygens (including phenoxy) is 2. The summed E-state index contributed by atoms with van der Waals surface area (Å²) in [6.07, 6.45) is 0.0893. The van der Waals surface area contributed by atoms with Crippen molar-refractivity contribution in [3.05, 3.63) is 34.7 Å². The van der Waals surface area contributed by atoms with E-state index in [0.717, 1.165) is 10.1 Å². The SMILES string of the molecule is CCOC(=O)Cc1c(C(=O)OCC)sc2ccccc12. The first kappa shape index (κ1) is 14.5. The molecule has 0 amide bonds. The zero-order valence-electron chi connectivity index (χ0n) is 11.5. The lowest BCUT2D eigenvalue weighted by Gasteiger charge is -2.04. The highest BCUT2D eigenvalue weighted by Gasteiger charge is 2.21. The third kappa shape index (κ3) is 2.99. The third-order valence-corrected chi connectivity index (χ3v) is 3.98. The molecule has 106 valence electrons. The molecule has 20 heavy (non-hydrogen) atoms. The fourth-order valence-electron chi connectivity index (χ4n) is 1.99. The van der Waals surface area contributed by atoms with Crippen LogP contribution in [-0.2, 0) is 20.7 Å². The molecule has 0 saturated carbocycles. The van der Waals surface area contributed by atoms with Gasteiger partial charge in [0.15, 0.2) is 0 Å². The molecule has 0 aliphatic heterocycles. The molecule has 0 unspecified atom stereocenters. The van der Waals surface area contributed by atoms with Crippen LogP contribution in [0.1, 0.15) is 29.1 Å². The fourth-order valence-corrected chi connectivity index (χ4v) is 3.11. The van der Waals surface area contributed by atoms with Gasteiger partial charge in [-0.05, 0) is 30.9 Å². The van der Waals surface area contributed by atoms with E-state index >= 15 is 0 Å². The maximum atomic E-state index is 12.0. The van der Waals surface area contributed by atoms with Gasteiger partial charge in [0.2, 0.25) is 0 Å². The zero-order chi connectivity index (χ0) is 14.5. The van der Waals surface area contributed by atoms with E-state index in [4.69, 9.17) is 9.47 Å². The number of hydrogen-bond donors (Lipinski definition) is 0. The molecule has 1 aromatic carbocycles. The van der Waals surface area contributed by atoms with Gasteiger partial charge in [-0.2, -0.15) is 0 Å². The van der Waals surface area contributed by atoms with Crippen LogP contribution in [0.5, 0.6) is 0 Å². The number of rotatable bonds is 5. The van der Waals surface area contributed by atoms with E-state index in [1.807, 2.05) is 24.3 Å². The Balaban J connectivity index is 2.44. The third-order valence-electron chi connectivity index (χ3n) is 2.79. The highest BCUT2D eigenvalue weighted by Crippen LogP contribution is 2.32. The van der Waals surface area contributed by atoms with Gasteiger partial charge in [0, 0.05) is 4.70 Å². The Morgan fingerprint density at radius 3 is 2.50 bits per heavy atom. The van der Waals surface area contributed by atoms with E-state index in [2.05, 4.69) is 0 Å². The van der Waals surface area contributed by atoms with Gasteiger partial charge in [-0.25, -0.2) is 4.79 Å². The van der Waals surface area contributed by atoms with Crippen molar-refractivity contribution in [3.63, 3.8) is 0 Å². The Morgan fingerprint density at radius 1 is 1.10 bits per heavy atom. The summed E-state index contributed by atoms with van der Waals surface area (Å²) in [5.74, 6) is -0.713. The molecule has 2 rings (SSSR count). The number of carbonyl (C=O) groups excluding carboxylic acids is 2. The molecule has 5 heteroatoms. The Bertz CT molecular complexity index is 630. The predicted molar refractivity (Wildman–Crippen MR) is 78.1 cm³/mol. The van der Waals surface area contributed by atoms with E-state index in [9.17, 15) is 9.59 Å². The lowest BCUT2D eigenvalue weighted by Crippen LogP contribution is -2.11. The van der Waals surface area contributed by atoms with Crippen LogP contribution in [0.25, 0.3) is 10.1 Å². The molecule has 1 aromatic heterocycles. The van der Waals surface area contributed by atoms with E-state index in [0.29, 0.717) is 23.7 Å². The number of carbonyl (C=O) groups is 2. The van der Waals surface area contributed by atoms with Gasteiger partial charge in [-0.1, -0.05) is 18.2 Å². The van der Waals surface area contributed by atoms with Crippen LogP contribution in [-0.4, -0.2) is 25.2 Å². The van der Waals surface area contributed by atoms with Gasteiger partial charge in [-0.15, -0.1) is 11.3 Å². The van der Waals surface area contributed by atoms with Crippen molar-refractivity contribution >= 4 is 33.4 Å². The van der Waals surface area contributed by atoms with Crippen molar-refractivity contribution in [2.45, 2.75) is 20.3 Å². The topological polar surface area (TPSA) is 52.6 Å². The number of esters is 2. The average Bonchev–Trinajstić information content (AvgIpc) is 2.78. The zero-order valence-corrected chi connectivity index (χ0v) is 12.3. The van der Waals surface area contributed by atoms with Gasteiger partial charge in [0.25, 0.3) is 0 Å². The summed E-state index contributed by atoms with van der Waals surface area (Å²) < 4.78 is 11.0. The second kappa shape index (κ2) is 6.52. The van der Waals surface area contributed by atoms with Gasteiger partial charge in [-0.3, -0.25) is 4.79 Å². The van der Waals surface area contributed by atoms with E-state index in [1.165, 1.54) is 11.3 Å². The van der Waals surface area contributed by atoms with E-state index in [-0.39, 0.29) is 18.4 Å². The van der Waals surface area contributed by atoms with Gasteiger partial charge in [0.05, 0.1) is 19.6 Å². The first-order chi connectivity index (χ1) is 9.67. The average molecular weight is 292 g/mol. The van der Waals surface area contributed by atoms with Crippen LogP contribution in [0.15, 0.2) is 24.3 Å². The molecule has 4 nitrogen and oxygen atoms in total. The van der Waals surface area contributed by atoms with Gasteiger partial charge < -0.3 is 9.47 Å². The monoisotopic (exact) mass is 292 g/mol. The molecule has 0 atom stereocenters. The van der Waals surface area contributed by atoms with Crippen molar-refractivity contribution in [2.24, 2.45) is 0 Å². The molecule has 0 aliphatic rings. The van der Waals surface area contributed by atoms with Crippen LogP contribution < -0.4 is 0 Å². The summed E-state index contributed by atoms with van der Waals surface area (Å²) in [4.78, 5) is 24.2. The molecular formula is C15H16O4S. The first-order valence-electron chi connectivity index (χ1n) is 6.50. The number of hydrogen-bond acceptors (Lipinski definition) is 5. The number of benzene rings is 1. The Kier molecular flexibility index (Phi) is 4.74. The standard InChI is InChI=1S/C15H16O4S/c1-3-18-13(16)9-11-10-7-5-6-8-12(10)20-14(11)15(17)19-4-2/h5-8H,3-4,9H2,1-2H3. The maximum absolute atomic E-state index is 12.0. The minimum atomic E-state index is -0.381. The molecule has 0 radical (unpaired) electrons. The molecule has 0 bridgehead atoms. The summed E-state index contributed by atoms with van der Waals surface area (Å²) in [6, 6.07) is 7.63. The lowest BCUT2D eigenvalue weighted by molar-refractivity contribution is -0.142. The highest BCUT2D eigenvalue weighted by atomic mass is 32.1. The largest absolute Gasteiger partial charge is 0.466 e. The predicted octanol–water partition coefficient (Wildman–Crippen LogP) is 3.18. The summed E-state index contributed by atoms with van der Waals surface area (Å²) in [5, 5.41) is 0.911. The van der Waals surface area contributed by atoms with Gasteiger partial charge >= 0.3 is 11.9 Å². The first-order valence-corrected chi connectivity index (χ1v) is 7.32. The Morgan fingerprint density at radius 2 is 1.80 bits per heavy atom. The van der Waals surface area contributed by atoms with Crippen molar-refractivity contribution in [3.8, 4) is 0 Å². The second-order valence-corrected chi connectivity index (χ2v) is 5.16. The van der Waals surface area contributed by atoms with Crippen LogP contribution in [0.3, 0.4) is 0 Å². The molecule has 1 heterocycles. The molecule has 0 saturated heterocycles. The smallest absolute Gasteiger partial charge is 0.348 e. The Labute approximate surface area is 121 Å². The summed E-state index contributed by atoms with van der Waals surface area (Å²) in [6.45, 7) is 4.16. The summed E-state index contributed by atoms with van der Waals surface area (Å²) in [5.41, 5.74) is 0.697. The van der Waals surface area contributed by atoms with Crippen LogP contribution in [0.2, 0.25) is 0 Å². The number of thiophene rings is 1. The van der Waals surface area contributed by atoms with Gasteiger partial charge in [0.1, 0.15) is 4.88 Å². The minimum absolute atomic E-state index is 0.0893. The fraction of sp³-hybridized carbons (Fsp3) is 0.333. The van der Waals surface area contributed by atoms with Crippen molar-refractivity contribution in [2.75, 3.05) is 13.2 Å². The molecule has 0 spiro atoms. The molecule has 2 aromatic rings.